The van der Waals surface area contributed by atoms with Gasteiger partial charge in [0.05, 0.1) is 17.0 Å². The largest absolute Gasteiger partial charge is 0.420 e. The summed E-state index contributed by atoms with van der Waals surface area (Å²) in [6.07, 6.45) is 2.87. The molecule has 0 fully saturated rings. The molecule has 1 unspecified atom stereocenters. The highest BCUT2D eigenvalue weighted by molar-refractivity contribution is 7.87. The van der Waals surface area contributed by atoms with Crippen LogP contribution in [0.15, 0.2) is 30.5 Å². The number of fused-ring (bicyclic) bond motifs is 1. The van der Waals surface area contributed by atoms with Gasteiger partial charge >= 0.3 is 16.2 Å². The van der Waals surface area contributed by atoms with Crippen LogP contribution in [0.5, 0.6) is 0 Å². The Morgan fingerprint density at radius 1 is 1.33 bits per heavy atom. The topological polar surface area (TPSA) is 109 Å². The molecule has 3 rings (SSSR count). The van der Waals surface area contributed by atoms with E-state index >= 15 is 0 Å². The molecule has 0 bridgehead atoms. The number of nitrogens with two attached hydrogens (primary N) is 1. The van der Waals surface area contributed by atoms with Crippen molar-refractivity contribution in [2.45, 2.75) is 39.0 Å². The third kappa shape index (κ3) is 4.62. The summed E-state index contributed by atoms with van der Waals surface area (Å²) < 4.78 is 32.8. The van der Waals surface area contributed by atoms with E-state index in [1.54, 1.807) is 4.68 Å². The van der Waals surface area contributed by atoms with Crippen molar-refractivity contribution in [2.24, 2.45) is 12.8 Å². The van der Waals surface area contributed by atoms with Crippen molar-refractivity contribution in [1.29, 1.82) is 0 Å². The van der Waals surface area contributed by atoms with Gasteiger partial charge in [0.15, 0.2) is 0 Å². The van der Waals surface area contributed by atoms with Gasteiger partial charge in [0.25, 0.3) is 0 Å². The van der Waals surface area contributed by atoms with Crippen molar-refractivity contribution in [2.75, 3.05) is 5.75 Å². The van der Waals surface area contributed by atoms with Crippen molar-refractivity contribution in [1.82, 2.24) is 14.3 Å². The molecule has 0 radical (unpaired) electrons. The molecule has 162 valence electrons. The lowest BCUT2D eigenvalue weighted by Crippen LogP contribution is -2.24. The molecule has 0 aliphatic rings. The number of hydrogen-bond acceptors (Lipinski definition) is 5. The maximum Gasteiger partial charge on any atom is 0.420 e. The molecule has 1 amide bonds. The lowest BCUT2D eigenvalue weighted by atomic mass is 9.95. The normalized spacial score (nSPS) is 12.9. The highest BCUT2D eigenvalue weighted by Gasteiger charge is 2.30. The van der Waals surface area contributed by atoms with Crippen molar-refractivity contribution in [3.8, 4) is 5.82 Å². The van der Waals surface area contributed by atoms with Crippen molar-refractivity contribution in [3.63, 3.8) is 0 Å². The molecule has 0 spiro atoms. The molecule has 10 heteroatoms. The molecule has 3 aromatic rings. The van der Waals surface area contributed by atoms with E-state index in [0.29, 0.717) is 17.1 Å². The molecule has 2 heterocycles. The van der Waals surface area contributed by atoms with Gasteiger partial charge in [-0.15, -0.1) is 0 Å². The standard InChI is InChI=1S/C20H25ClN4O4S/c1-4-5-6-15(12-30(27,28)29-20(22)26)18-13(2)23-24(3)19(18)25-10-9-14-7-8-16(21)11-17(14)25/h7-11,15H,4-6,12H2,1-3H3,(H2,22,26). The highest BCUT2D eigenvalue weighted by atomic mass is 35.5. The van der Waals surface area contributed by atoms with Gasteiger partial charge in [-0.05, 0) is 31.5 Å². The van der Waals surface area contributed by atoms with Crippen LogP contribution in [0.1, 0.15) is 43.4 Å². The fourth-order valence-electron chi connectivity index (χ4n) is 3.88. The number of benzene rings is 1. The molecule has 0 saturated carbocycles. The first-order valence-electron chi connectivity index (χ1n) is 9.65. The second-order valence-corrected chi connectivity index (χ2v) is 9.35. The Bertz CT molecular complexity index is 1180. The van der Waals surface area contributed by atoms with E-state index in [0.717, 1.165) is 35.1 Å². The van der Waals surface area contributed by atoms with Gasteiger partial charge in [0, 0.05) is 35.1 Å². The number of amides is 1. The fourth-order valence-corrected chi connectivity index (χ4v) is 5.19. The summed E-state index contributed by atoms with van der Waals surface area (Å²) in [6.45, 7) is 3.88. The number of halogens is 1. The van der Waals surface area contributed by atoms with Crippen molar-refractivity contribution >= 4 is 38.7 Å². The third-order valence-electron chi connectivity index (χ3n) is 5.05. The molecule has 0 aliphatic heterocycles. The lowest BCUT2D eigenvalue weighted by Gasteiger charge is -2.19. The molecular formula is C20H25ClN4O4S. The van der Waals surface area contributed by atoms with Crippen molar-refractivity contribution < 1.29 is 17.4 Å². The molecule has 0 aliphatic carbocycles. The number of nitrogens with zero attached hydrogens (tertiary/aromatic N) is 3. The first-order chi connectivity index (χ1) is 14.1. The summed E-state index contributed by atoms with van der Waals surface area (Å²) in [4.78, 5) is 11.0. The van der Waals surface area contributed by atoms with E-state index in [4.69, 9.17) is 17.3 Å². The molecule has 0 saturated heterocycles. The number of hydrogen-bond donors (Lipinski definition) is 1. The van der Waals surface area contributed by atoms with Gasteiger partial charge in [-0.2, -0.15) is 13.5 Å². The van der Waals surface area contributed by atoms with E-state index in [1.807, 2.05) is 55.9 Å². The quantitative estimate of drug-likeness (QED) is 0.519. The zero-order valence-corrected chi connectivity index (χ0v) is 18.7. The van der Waals surface area contributed by atoms with Gasteiger partial charge < -0.3 is 14.5 Å². The number of carbonyl (C=O) groups is 1. The predicted octanol–water partition coefficient (Wildman–Crippen LogP) is 4.02. The van der Waals surface area contributed by atoms with Crippen LogP contribution in [0.25, 0.3) is 16.7 Å². The van der Waals surface area contributed by atoms with Gasteiger partial charge in [-0.1, -0.05) is 37.4 Å². The van der Waals surface area contributed by atoms with Crippen LogP contribution in [-0.4, -0.2) is 34.6 Å². The zero-order valence-electron chi connectivity index (χ0n) is 17.1. The summed E-state index contributed by atoms with van der Waals surface area (Å²) in [5.41, 5.74) is 7.33. The van der Waals surface area contributed by atoms with Crippen LogP contribution >= 0.6 is 11.6 Å². The monoisotopic (exact) mass is 452 g/mol. The fraction of sp³-hybridized carbons (Fsp3) is 0.400. The third-order valence-corrected chi connectivity index (χ3v) is 6.51. The summed E-state index contributed by atoms with van der Waals surface area (Å²) in [6, 6.07) is 7.57. The molecule has 2 aromatic heterocycles. The van der Waals surface area contributed by atoms with Gasteiger partial charge in [0.2, 0.25) is 0 Å². The number of rotatable bonds is 8. The van der Waals surface area contributed by atoms with E-state index < -0.39 is 22.1 Å². The zero-order chi connectivity index (χ0) is 22.1. The SMILES string of the molecule is CCCCC(CS(=O)(=O)OC(N)=O)c1c(C)nn(C)c1-n1ccc2ccc(Cl)cc21. The predicted molar refractivity (Wildman–Crippen MR) is 117 cm³/mol. The Kier molecular flexibility index (Phi) is 6.42. The maximum atomic E-state index is 12.4. The summed E-state index contributed by atoms with van der Waals surface area (Å²) in [5, 5.41) is 6.15. The smallest absolute Gasteiger partial charge is 0.334 e. The Morgan fingerprint density at radius 3 is 2.73 bits per heavy atom. The van der Waals surface area contributed by atoms with Crippen LogP contribution in [0.4, 0.5) is 4.79 Å². The number of aromatic nitrogens is 3. The second kappa shape index (κ2) is 8.69. The average molecular weight is 453 g/mol. The highest BCUT2D eigenvalue weighted by Crippen LogP contribution is 2.34. The summed E-state index contributed by atoms with van der Waals surface area (Å²) in [5.74, 6) is -0.0371. The summed E-state index contributed by atoms with van der Waals surface area (Å²) >= 11 is 6.21. The van der Waals surface area contributed by atoms with E-state index in [9.17, 15) is 13.2 Å². The van der Waals surface area contributed by atoms with Crippen LogP contribution in [0.3, 0.4) is 0 Å². The Hall–Kier alpha value is -2.52. The number of carbonyl (C=O) groups excluding carboxylic acids is 1. The molecule has 2 N–H and O–H groups in total. The Balaban J connectivity index is 2.15. The molecule has 1 aromatic carbocycles. The van der Waals surface area contributed by atoms with Crippen LogP contribution in [0, 0.1) is 6.92 Å². The van der Waals surface area contributed by atoms with Crippen LogP contribution < -0.4 is 5.73 Å². The second-order valence-electron chi connectivity index (χ2n) is 7.30. The van der Waals surface area contributed by atoms with E-state index in [1.165, 1.54) is 0 Å². The first-order valence-corrected chi connectivity index (χ1v) is 11.6. The average Bonchev–Trinajstić information content (AvgIpc) is 3.16. The van der Waals surface area contributed by atoms with Crippen LogP contribution in [0.2, 0.25) is 5.02 Å². The maximum absolute atomic E-state index is 12.4. The molecule has 1 atom stereocenters. The van der Waals surface area contributed by atoms with Gasteiger partial charge in [-0.25, -0.2) is 4.79 Å². The van der Waals surface area contributed by atoms with Gasteiger partial charge in [-0.3, -0.25) is 4.68 Å². The van der Waals surface area contributed by atoms with E-state index in [-0.39, 0.29) is 5.75 Å². The van der Waals surface area contributed by atoms with E-state index in [2.05, 4.69) is 9.28 Å². The lowest BCUT2D eigenvalue weighted by molar-refractivity contribution is 0.212. The number of unbranched alkanes of at least 4 members (excludes halogenated alkanes) is 1. The molecule has 30 heavy (non-hydrogen) atoms. The Labute approximate surface area is 180 Å². The Morgan fingerprint density at radius 2 is 2.07 bits per heavy atom. The van der Waals surface area contributed by atoms with Crippen LogP contribution in [-0.2, 0) is 21.3 Å². The minimum atomic E-state index is -4.14. The molecule has 8 nitrogen and oxygen atoms in total. The first kappa shape index (κ1) is 22.2. The molecular weight excluding hydrogens is 428 g/mol. The van der Waals surface area contributed by atoms with Crippen molar-refractivity contribution in [3.05, 3.63) is 46.7 Å². The minimum absolute atomic E-state index is 0.366. The number of primary amides is 1. The summed E-state index contributed by atoms with van der Waals surface area (Å²) in [7, 11) is -2.33. The van der Waals surface area contributed by atoms with Gasteiger partial charge in [0.1, 0.15) is 5.82 Å². The minimum Gasteiger partial charge on any atom is -0.334 e. The number of aryl methyl sites for hydroxylation is 2.